The van der Waals surface area contributed by atoms with Crippen LogP contribution in [0.1, 0.15) is 12.8 Å². The lowest BCUT2D eigenvalue weighted by molar-refractivity contribution is 0.611. The summed E-state index contributed by atoms with van der Waals surface area (Å²) in [6.45, 7) is 1.14. The second kappa shape index (κ2) is 5.84. The second-order valence-corrected chi connectivity index (χ2v) is 4.37. The Kier molecular flexibility index (Phi) is 4.18. The topological polar surface area (TPSA) is 40.1 Å². The van der Waals surface area contributed by atoms with Crippen LogP contribution in [-0.2, 0) is 6.54 Å². The molecule has 1 heterocycles. The highest BCUT2D eigenvalue weighted by atomic mass is 35.5. The van der Waals surface area contributed by atoms with Crippen molar-refractivity contribution in [2.45, 2.75) is 19.4 Å². The zero-order valence-corrected chi connectivity index (χ0v) is 10.3. The van der Waals surface area contributed by atoms with Crippen LogP contribution in [0.5, 0.6) is 0 Å². The molecule has 0 bridgehead atoms. The quantitative estimate of drug-likeness (QED) is 0.749. The Bertz CT molecular complexity index is 462. The van der Waals surface area contributed by atoms with E-state index in [0.29, 0.717) is 0 Å². The Morgan fingerprint density at radius 1 is 1.18 bits per heavy atom. The highest BCUT2D eigenvalue weighted by molar-refractivity contribution is 6.30. The summed E-state index contributed by atoms with van der Waals surface area (Å²) in [5.41, 5.74) is 10.7. The molecule has 2 aromatic rings. The van der Waals surface area contributed by atoms with Crippen molar-refractivity contribution in [3.63, 3.8) is 0 Å². The molecule has 0 aliphatic heterocycles. The number of rotatable bonds is 5. The van der Waals surface area contributed by atoms with Crippen molar-refractivity contribution in [2.75, 3.05) is 6.54 Å². The van der Waals surface area contributed by atoms with Crippen molar-refractivity contribution < 1.29 is 0 Å². The number of hydrogen-bond acceptors (Lipinski definition) is 1. The third kappa shape index (κ3) is 3.32. The number of aryl methyl sites for hydroxylation is 1. The molecule has 0 amide bonds. The van der Waals surface area contributed by atoms with Crippen LogP contribution in [0.2, 0.25) is 5.02 Å². The van der Waals surface area contributed by atoms with Crippen LogP contribution < -0.4 is 5.73 Å². The number of halogens is 1. The van der Waals surface area contributed by atoms with E-state index in [9.17, 15) is 0 Å². The van der Waals surface area contributed by atoms with Crippen LogP contribution in [0.15, 0.2) is 36.8 Å². The molecule has 3 nitrogen and oxygen atoms in total. The normalized spacial score (nSPS) is 10.7. The highest BCUT2D eigenvalue weighted by Crippen LogP contribution is 2.19. The molecule has 0 atom stereocenters. The number of hydrogen-bond donors (Lipinski definition) is 0. The molecule has 2 radical (unpaired) electrons. The minimum atomic E-state index is 0.249. The average Bonchev–Trinajstić information content (AvgIpc) is 2.79. The van der Waals surface area contributed by atoms with Gasteiger partial charge in [-0.15, -0.1) is 5.73 Å². The van der Waals surface area contributed by atoms with Gasteiger partial charge < -0.3 is 4.57 Å². The number of benzene rings is 1. The Hall–Kier alpha value is -1.32. The van der Waals surface area contributed by atoms with Gasteiger partial charge >= 0.3 is 0 Å². The summed E-state index contributed by atoms with van der Waals surface area (Å²) >= 11 is 5.84. The first kappa shape index (κ1) is 12.1. The largest absolute Gasteiger partial charge is 0.337 e. The molecular formula is C13H14ClN3. The van der Waals surface area contributed by atoms with Crippen LogP contribution in [0.3, 0.4) is 0 Å². The van der Waals surface area contributed by atoms with Crippen molar-refractivity contribution >= 4 is 11.6 Å². The fourth-order valence-electron chi connectivity index (χ4n) is 1.66. The first-order valence-corrected chi connectivity index (χ1v) is 6.06. The van der Waals surface area contributed by atoms with Crippen molar-refractivity contribution in [3.8, 4) is 11.3 Å². The van der Waals surface area contributed by atoms with Gasteiger partial charge in [-0.1, -0.05) is 23.7 Å². The maximum atomic E-state index is 8.72. The minimum absolute atomic E-state index is 0.249. The number of aromatic nitrogens is 2. The van der Waals surface area contributed by atoms with E-state index < -0.39 is 0 Å². The molecule has 0 aliphatic rings. The lowest BCUT2D eigenvalue weighted by Gasteiger charge is -1.99. The van der Waals surface area contributed by atoms with Crippen LogP contribution >= 0.6 is 11.6 Å². The highest BCUT2D eigenvalue weighted by Gasteiger charge is 2.01. The number of unbranched alkanes of at least 4 members (excludes halogenated alkanes) is 1. The Labute approximate surface area is 106 Å². The van der Waals surface area contributed by atoms with Crippen molar-refractivity contribution in [2.24, 2.45) is 0 Å². The van der Waals surface area contributed by atoms with Gasteiger partial charge in [0.1, 0.15) is 0 Å². The molecule has 17 heavy (non-hydrogen) atoms. The predicted molar refractivity (Wildman–Crippen MR) is 68.9 cm³/mol. The molecule has 0 unspecified atom stereocenters. The van der Waals surface area contributed by atoms with E-state index >= 15 is 0 Å². The van der Waals surface area contributed by atoms with E-state index in [1.54, 1.807) is 0 Å². The zero-order valence-electron chi connectivity index (χ0n) is 9.51. The van der Waals surface area contributed by atoms with Crippen LogP contribution in [-0.4, -0.2) is 16.1 Å². The Balaban J connectivity index is 2.04. The summed E-state index contributed by atoms with van der Waals surface area (Å²) < 4.78 is 2.04. The fraction of sp³-hybridized carbons (Fsp3) is 0.308. The SMILES string of the molecule is [N]CCCCn1cnc(-c2ccc(Cl)cc2)c1. The minimum Gasteiger partial charge on any atom is -0.337 e. The van der Waals surface area contributed by atoms with E-state index in [2.05, 4.69) is 4.98 Å². The molecule has 4 heteroatoms. The van der Waals surface area contributed by atoms with E-state index in [1.807, 2.05) is 41.4 Å². The fourth-order valence-corrected chi connectivity index (χ4v) is 1.78. The molecule has 0 saturated carbocycles. The van der Waals surface area contributed by atoms with Crippen LogP contribution in [0.4, 0.5) is 0 Å². The monoisotopic (exact) mass is 247 g/mol. The molecular weight excluding hydrogens is 234 g/mol. The van der Waals surface area contributed by atoms with Gasteiger partial charge in [-0.25, -0.2) is 4.98 Å². The van der Waals surface area contributed by atoms with Gasteiger partial charge in [0.2, 0.25) is 0 Å². The van der Waals surface area contributed by atoms with Crippen molar-refractivity contribution in [1.82, 2.24) is 15.3 Å². The smallest absolute Gasteiger partial charge is 0.0953 e. The van der Waals surface area contributed by atoms with Gasteiger partial charge in [-0.05, 0) is 25.0 Å². The van der Waals surface area contributed by atoms with Gasteiger partial charge in [0.15, 0.2) is 0 Å². The number of imidazole rings is 1. The first-order chi connectivity index (χ1) is 8.29. The van der Waals surface area contributed by atoms with Crippen molar-refractivity contribution in [1.29, 1.82) is 0 Å². The van der Waals surface area contributed by atoms with Gasteiger partial charge in [-0.2, -0.15) is 0 Å². The van der Waals surface area contributed by atoms with E-state index in [-0.39, 0.29) is 6.54 Å². The Morgan fingerprint density at radius 3 is 2.65 bits per heavy atom. The van der Waals surface area contributed by atoms with E-state index in [1.165, 1.54) is 0 Å². The molecule has 0 fully saturated rings. The molecule has 1 aromatic heterocycles. The summed E-state index contributed by atoms with van der Waals surface area (Å²) in [5, 5.41) is 0.733. The average molecular weight is 248 g/mol. The van der Waals surface area contributed by atoms with Crippen LogP contribution in [0.25, 0.3) is 11.3 Å². The van der Waals surface area contributed by atoms with Gasteiger partial charge in [0.05, 0.1) is 12.0 Å². The van der Waals surface area contributed by atoms with Gasteiger partial charge in [0.25, 0.3) is 0 Å². The zero-order chi connectivity index (χ0) is 12.1. The predicted octanol–water partition coefficient (Wildman–Crippen LogP) is 3.05. The summed E-state index contributed by atoms with van der Waals surface area (Å²) in [4.78, 5) is 4.35. The summed E-state index contributed by atoms with van der Waals surface area (Å²) in [6, 6.07) is 7.65. The molecule has 2 rings (SSSR count). The summed E-state index contributed by atoms with van der Waals surface area (Å²) in [6.07, 6.45) is 5.63. The summed E-state index contributed by atoms with van der Waals surface area (Å²) in [7, 11) is 0. The third-order valence-electron chi connectivity index (χ3n) is 2.60. The Morgan fingerprint density at radius 2 is 1.94 bits per heavy atom. The molecule has 0 N–H and O–H groups in total. The standard InChI is InChI=1S/C13H14ClN3/c14-12-5-3-11(4-6-12)13-9-17(10-16-13)8-2-1-7-15/h3-6,9-10H,1-2,7-8H2. The lowest BCUT2D eigenvalue weighted by Crippen LogP contribution is -1.96. The van der Waals surface area contributed by atoms with E-state index in [4.69, 9.17) is 17.3 Å². The van der Waals surface area contributed by atoms with Gasteiger partial charge in [-0.3, -0.25) is 0 Å². The van der Waals surface area contributed by atoms with E-state index in [0.717, 1.165) is 35.7 Å². The maximum absolute atomic E-state index is 8.72. The first-order valence-electron chi connectivity index (χ1n) is 5.68. The van der Waals surface area contributed by atoms with Crippen LogP contribution in [0, 0.1) is 0 Å². The maximum Gasteiger partial charge on any atom is 0.0953 e. The molecule has 0 saturated heterocycles. The third-order valence-corrected chi connectivity index (χ3v) is 2.85. The lowest BCUT2D eigenvalue weighted by atomic mass is 10.2. The second-order valence-electron chi connectivity index (χ2n) is 3.93. The number of nitrogens with zero attached hydrogens (tertiary/aromatic N) is 3. The molecule has 88 valence electrons. The molecule has 0 spiro atoms. The summed E-state index contributed by atoms with van der Waals surface area (Å²) in [5.74, 6) is 0. The molecule has 0 aliphatic carbocycles. The van der Waals surface area contributed by atoms with Gasteiger partial charge in [0, 0.05) is 29.9 Å². The van der Waals surface area contributed by atoms with Crippen molar-refractivity contribution in [3.05, 3.63) is 41.8 Å². The molecule has 1 aromatic carbocycles.